The van der Waals surface area contributed by atoms with E-state index in [9.17, 15) is 4.79 Å². The number of nitrogens with zero attached hydrogens (tertiary/aromatic N) is 2. The van der Waals surface area contributed by atoms with Gasteiger partial charge in [0.1, 0.15) is 11.6 Å². The number of nitrogens with one attached hydrogen (secondary N) is 1. The first kappa shape index (κ1) is 19.6. The molecule has 0 saturated carbocycles. The number of aromatic nitrogens is 2. The van der Waals surface area contributed by atoms with Crippen molar-refractivity contribution in [3.8, 4) is 22.6 Å². The summed E-state index contributed by atoms with van der Waals surface area (Å²) in [6.07, 6.45) is 3.44. The molecule has 32 heavy (non-hydrogen) atoms. The van der Waals surface area contributed by atoms with E-state index in [-0.39, 0.29) is 5.43 Å². The summed E-state index contributed by atoms with van der Waals surface area (Å²) in [5.74, 6) is 1.45. The van der Waals surface area contributed by atoms with Crippen LogP contribution in [0.5, 0.6) is 5.75 Å². The molecule has 0 bridgehead atoms. The molecule has 0 unspecified atom stereocenters. The van der Waals surface area contributed by atoms with Gasteiger partial charge in [-0.15, -0.1) is 0 Å². The lowest BCUT2D eigenvalue weighted by Gasteiger charge is -2.20. The van der Waals surface area contributed by atoms with Crippen LogP contribution in [0.2, 0.25) is 0 Å². The lowest BCUT2D eigenvalue weighted by molar-refractivity contribution is 0.415. The Morgan fingerprint density at radius 2 is 1.53 bits per heavy atom. The maximum atomic E-state index is 13.1. The number of ether oxygens (including phenoxy) is 1. The SMILES string of the molecule is COc1ccc(-c2cncc3c(=O)cc(Nc4ccccc4)n(-c4ccccc4)c23)cc1. The second-order valence-electron chi connectivity index (χ2n) is 7.37. The number of fused-ring (bicyclic) bond motifs is 1. The number of pyridine rings is 2. The van der Waals surface area contributed by atoms with Crippen LogP contribution in [-0.4, -0.2) is 16.7 Å². The highest BCUT2D eigenvalue weighted by atomic mass is 16.5. The number of methoxy groups -OCH3 is 1. The smallest absolute Gasteiger partial charge is 0.193 e. The molecule has 0 amide bonds. The van der Waals surface area contributed by atoms with E-state index >= 15 is 0 Å². The fourth-order valence-corrected chi connectivity index (χ4v) is 3.85. The molecular formula is C27H21N3O2. The maximum Gasteiger partial charge on any atom is 0.193 e. The van der Waals surface area contributed by atoms with Crippen molar-refractivity contribution in [1.82, 2.24) is 9.55 Å². The Hall–Kier alpha value is -4.38. The number of benzene rings is 3. The Morgan fingerprint density at radius 1 is 0.844 bits per heavy atom. The normalized spacial score (nSPS) is 10.8. The minimum atomic E-state index is -0.0894. The van der Waals surface area contributed by atoms with Crippen molar-refractivity contribution < 1.29 is 4.74 Å². The van der Waals surface area contributed by atoms with Gasteiger partial charge in [-0.05, 0) is 42.0 Å². The zero-order valence-corrected chi connectivity index (χ0v) is 17.5. The van der Waals surface area contributed by atoms with Gasteiger partial charge in [-0.25, -0.2) is 0 Å². The second-order valence-corrected chi connectivity index (χ2v) is 7.37. The van der Waals surface area contributed by atoms with Gasteiger partial charge >= 0.3 is 0 Å². The summed E-state index contributed by atoms with van der Waals surface area (Å²) >= 11 is 0. The van der Waals surface area contributed by atoms with Crippen LogP contribution in [0.25, 0.3) is 27.7 Å². The lowest BCUT2D eigenvalue weighted by Crippen LogP contribution is -2.13. The summed E-state index contributed by atoms with van der Waals surface area (Å²) < 4.78 is 7.38. The zero-order chi connectivity index (χ0) is 21.9. The zero-order valence-electron chi connectivity index (χ0n) is 17.5. The van der Waals surface area contributed by atoms with Gasteiger partial charge < -0.3 is 10.1 Å². The van der Waals surface area contributed by atoms with E-state index < -0.39 is 0 Å². The number of anilines is 2. The molecule has 2 heterocycles. The number of hydrogen-bond acceptors (Lipinski definition) is 4. The number of hydrogen-bond donors (Lipinski definition) is 1. The molecular weight excluding hydrogens is 398 g/mol. The number of para-hydroxylation sites is 2. The molecule has 0 radical (unpaired) electrons. The van der Waals surface area contributed by atoms with E-state index in [0.717, 1.165) is 33.8 Å². The van der Waals surface area contributed by atoms with E-state index in [0.29, 0.717) is 11.2 Å². The molecule has 5 nitrogen and oxygen atoms in total. The third kappa shape index (κ3) is 3.61. The molecule has 0 fully saturated rings. The molecule has 0 aliphatic rings. The summed E-state index contributed by atoms with van der Waals surface area (Å²) in [6.45, 7) is 0. The van der Waals surface area contributed by atoms with Crippen molar-refractivity contribution in [2.75, 3.05) is 12.4 Å². The van der Waals surface area contributed by atoms with Gasteiger partial charge in [0.05, 0.1) is 18.0 Å². The van der Waals surface area contributed by atoms with Crippen LogP contribution in [0, 0.1) is 0 Å². The molecule has 5 rings (SSSR count). The van der Waals surface area contributed by atoms with Crippen molar-refractivity contribution in [2.24, 2.45) is 0 Å². The molecule has 5 aromatic rings. The third-order valence-electron chi connectivity index (χ3n) is 5.38. The minimum Gasteiger partial charge on any atom is -0.497 e. The third-order valence-corrected chi connectivity index (χ3v) is 5.38. The van der Waals surface area contributed by atoms with Gasteiger partial charge in [0.2, 0.25) is 0 Å². The van der Waals surface area contributed by atoms with E-state index in [4.69, 9.17) is 4.74 Å². The van der Waals surface area contributed by atoms with Crippen LogP contribution >= 0.6 is 0 Å². The highest BCUT2D eigenvalue weighted by Crippen LogP contribution is 2.32. The topological polar surface area (TPSA) is 56.1 Å². The first-order chi connectivity index (χ1) is 15.7. The molecule has 5 heteroatoms. The molecule has 0 saturated heterocycles. The van der Waals surface area contributed by atoms with Crippen molar-refractivity contribution in [1.29, 1.82) is 0 Å². The van der Waals surface area contributed by atoms with Crippen LogP contribution in [0.1, 0.15) is 0 Å². The van der Waals surface area contributed by atoms with Crippen molar-refractivity contribution >= 4 is 22.4 Å². The van der Waals surface area contributed by atoms with Crippen molar-refractivity contribution in [3.63, 3.8) is 0 Å². The molecule has 0 atom stereocenters. The molecule has 0 aliphatic heterocycles. The summed E-state index contributed by atoms with van der Waals surface area (Å²) in [5, 5.41) is 3.98. The van der Waals surface area contributed by atoms with Crippen molar-refractivity contribution in [3.05, 3.63) is 114 Å². The molecule has 2 aromatic heterocycles. The van der Waals surface area contributed by atoms with Crippen LogP contribution in [0.4, 0.5) is 11.5 Å². The maximum absolute atomic E-state index is 13.1. The fourth-order valence-electron chi connectivity index (χ4n) is 3.85. The van der Waals surface area contributed by atoms with Gasteiger partial charge in [-0.2, -0.15) is 0 Å². The Morgan fingerprint density at radius 3 is 2.22 bits per heavy atom. The first-order valence-electron chi connectivity index (χ1n) is 10.3. The average molecular weight is 419 g/mol. The van der Waals surface area contributed by atoms with Gasteiger partial charge in [0, 0.05) is 35.4 Å². The first-order valence-corrected chi connectivity index (χ1v) is 10.3. The Bertz CT molecular complexity index is 1430. The monoisotopic (exact) mass is 419 g/mol. The van der Waals surface area contributed by atoms with Gasteiger partial charge in [-0.1, -0.05) is 48.5 Å². The molecule has 0 spiro atoms. The van der Waals surface area contributed by atoms with Gasteiger partial charge in [0.15, 0.2) is 5.43 Å². The van der Waals surface area contributed by atoms with E-state index in [1.54, 1.807) is 25.6 Å². The highest BCUT2D eigenvalue weighted by molar-refractivity contribution is 5.95. The average Bonchev–Trinajstić information content (AvgIpc) is 2.85. The summed E-state index contributed by atoms with van der Waals surface area (Å²) in [7, 11) is 1.64. The quantitative estimate of drug-likeness (QED) is 0.391. The van der Waals surface area contributed by atoms with E-state index in [2.05, 4.69) is 14.9 Å². The standard InChI is InChI=1S/C27H21N3O2/c1-32-22-14-12-19(13-15-22)23-17-28-18-24-25(31)16-26(29-20-8-4-2-5-9-20)30(27(23)24)21-10-6-3-7-11-21/h2-18,29H,1H3. The van der Waals surface area contributed by atoms with Gasteiger partial charge in [-0.3, -0.25) is 14.3 Å². The van der Waals surface area contributed by atoms with Gasteiger partial charge in [0.25, 0.3) is 0 Å². The fraction of sp³-hybridized carbons (Fsp3) is 0.0370. The number of rotatable bonds is 5. The van der Waals surface area contributed by atoms with Crippen LogP contribution in [0.3, 0.4) is 0 Å². The largest absolute Gasteiger partial charge is 0.497 e. The predicted molar refractivity (Wildman–Crippen MR) is 129 cm³/mol. The Kier molecular flexibility index (Phi) is 5.14. The van der Waals surface area contributed by atoms with E-state index in [1.165, 1.54) is 0 Å². The molecule has 1 N–H and O–H groups in total. The summed E-state index contributed by atoms with van der Waals surface area (Å²) in [5.41, 5.74) is 4.36. The second kappa shape index (κ2) is 8.40. The Balaban J connectivity index is 1.83. The van der Waals surface area contributed by atoms with E-state index in [1.807, 2.05) is 84.9 Å². The lowest BCUT2D eigenvalue weighted by atomic mass is 10.0. The minimum absolute atomic E-state index is 0.0894. The van der Waals surface area contributed by atoms with Crippen molar-refractivity contribution in [2.45, 2.75) is 0 Å². The molecule has 156 valence electrons. The van der Waals surface area contributed by atoms with Crippen LogP contribution in [0.15, 0.2) is 108 Å². The predicted octanol–water partition coefficient (Wildman–Crippen LogP) is 5.80. The highest BCUT2D eigenvalue weighted by Gasteiger charge is 2.16. The summed E-state index contributed by atoms with van der Waals surface area (Å²) in [4.78, 5) is 17.5. The van der Waals surface area contributed by atoms with Crippen LogP contribution in [-0.2, 0) is 0 Å². The Labute approximate surface area is 185 Å². The van der Waals surface area contributed by atoms with Crippen LogP contribution < -0.4 is 15.5 Å². The summed E-state index contributed by atoms with van der Waals surface area (Å²) in [6, 6.07) is 29.2. The molecule has 3 aromatic carbocycles. The molecule has 0 aliphatic carbocycles.